The number of rotatable bonds is 4. The first-order valence-electron chi connectivity index (χ1n) is 8.21. The molecular formula is C19H21BCl2O3. The van der Waals surface area contributed by atoms with Crippen LogP contribution < -0.4 is 10.2 Å². The zero-order valence-corrected chi connectivity index (χ0v) is 16.3. The van der Waals surface area contributed by atoms with Crippen molar-refractivity contribution >= 4 is 35.8 Å². The minimum atomic E-state index is -0.395. The smallest absolute Gasteiger partial charge is 0.486 e. The van der Waals surface area contributed by atoms with Crippen LogP contribution in [0.5, 0.6) is 5.75 Å². The zero-order chi connectivity index (χ0) is 18.2. The fourth-order valence-corrected chi connectivity index (χ4v) is 3.09. The highest BCUT2D eigenvalue weighted by Gasteiger charge is 2.51. The molecule has 1 aliphatic heterocycles. The average Bonchev–Trinajstić information content (AvgIpc) is 2.75. The maximum Gasteiger partial charge on any atom is 0.494 e. The Labute approximate surface area is 159 Å². The van der Waals surface area contributed by atoms with E-state index >= 15 is 0 Å². The summed E-state index contributed by atoms with van der Waals surface area (Å²) in [6.45, 7) is 8.52. The molecule has 2 aromatic rings. The maximum absolute atomic E-state index is 6.14. The number of halogens is 2. The molecule has 0 amide bonds. The molecule has 1 aliphatic rings. The molecule has 25 heavy (non-hydrogen) atoms. The average molecular weight is 379 g/mol. The van der Waals surface area contributed by atoms with Crippen molar-refractivity contribution in [3.63, 3.8) is 0 Å². The third-order valence-corrected chi connectivity index (χ3v) is 5.37. The third-order valence-electron chi connectivity index (χ3n) is 4.78. The van der Waals surface area contributed by atoms with Crippen LogP contribution in [0.25, 0.3) is 0 Å². The van der Waals surface area contributed by atoms with E-state index in [0.717, 1.165) is 11.0 Å². The molecule has 0 unspecified atom stereocenters. The van der Waals surface area contributed by atoms with E-state index in [4.69, 9.17) is 37.2 Å². The Balaban J connectivity index is 1.75. The van der Waals surface area contributed by atoms with Gasteiger partial charge < -0.3 is 14.0 Å². The van der Waals surface area contributed by atoms with Gasteiger partial charge in [-0.2, -0.15) is 0 Å². The maximum atomic E-state index is 6.14. The summed E-state index contributed by atoms with van der Waals surface area (Å²) in [7, 11) is -0.395. The molecule has 1 heterocycles. The summed E-state index contributed by atoms with van der Waals surface area (Å²) in [5, 5.41) is 0.990. The first-order valence-corrected chi connectivity index (χ1v) is 8.96. The molecule has 1 saturated heterocycles. The largest absolute Gasteiger partial charge is 0.494 e. The first-order chi connectivity index (χ1) is 11.7. The molecule has 0 saturated carbocycles. The van der Waals surface area contributed by atoms with Crippen LogP contribution in [-0.4, -0.2) is 18.3 Å². The van der Waals surface area contributed by atoms with E-state index in [2.05, 4.69) is 0 Å². The van der Waals surface area contributed by atoms with Gasteiger partial charge >= 0.3 is 7.12 Å². The Kier molecular flexibility index (Phi) is 5.09. The lowest BCUT2D eigenvalue weighted by Crippen LogP contribution is -2.41. The molecular weight excluding hydrogens is 358 g/mol. The van der Waals surface area contributed by atoms with Crippen LogP contribution in [0.4, 0.5) is 0 Å². The van der Waals surface area contributed by atoms with Crippen LogP contribution in [0.3, 0.4) is 0 Å². The number of hydrogen-bond acceptors (Lipinski definition) is 3. The quantitative estimate of drug-likeness (QED) is 0.710. The van der Waals surface area contributed by atoms with E-state index in [9.17, 15) is 0 Å². The molecule has 0 aliphatic carbocycles. The number of para-hydroxylation sites is 1. The molecule has 1 fully saturated rings. The Morgan fingerprint density at radius 1 is 0.920 bits per heavy atom. The lowest BCUT2D eigenvalue weighted by molar-refractivity contribution is 0.00578. The second-order valence-electron chi connectivity index (χ2n) is 7.17. The Morgan fingerprint density at radius 2 is 1.48 bits per heavy atom. The molecule has 6 heteroatoms. The van der Waals surface area contributed by atoms with Crippen molar-refractivity contribution < 1.29 is 14.0 Å². The fourth-order valence-electron chi connectivity index (χ4n) is 2.58. The van der Waals surface area contributed by atoms with Crippen molar-refractivity contribution in [2.45, 2.75) is 45.5 Å². The summed E-state index contributed by atoms with van der Waals surface area (Å²) < 4.78 is 18.0. The topological polar surface area (TPSA) is 27.7 Å². The molecule has 3 nitrogen and oxygen atoms in total. The Morgan fingerprint density at radius 3 is 2.08 bits per heavy atom. The monoisotopic (exact) mass is 378 g/mol. The molecule has 0 aromatic heterocycles. The minimum absolute atomic E-state index is 0.358. The van der Waals surface area contributed by atoms with E-state index in [1.807, 2.05) is 52.0 Å². The second kappa shape index (κ2) is 6.84. The van der Waals surface area contributed by atoms with Crippen LogP contribution in [0.15, 0.2) is 42.5 Å². The van der Waals surface area contributed by atoms with Gasteiger partial charge in [-0.3, -0.25) is 0 Å². The van der Waals surface area contributed by atoms with Gasteiger partial charge in [-0.15, -0.1) is 0 Å². The second-order valence-corrected chi connectivity index (χ2v) is 7.99. The highest BCUT2D eigenvalue weighted by Crippen LogP contribution is 2.36. The van der Waals surface area contributed by atoms with Crippen molar-refractivity contribution in [3.8, 4) is 5.75 Å². The summed E-state index contributed by atoms with van der Waals surface area (Å²) in [6, 6.07) is 13.3. The van der Waals surface area contributed by atoms with Crippen molar-refractivity contribution in [2.75, 3.05) is 0 Å². The van der Waals surface area contributed by atoms with Crippen LogP contribution in [0.2, 0.25) is 10.0 Å². The molecule has 132 valence electrons. The van der Waals surface area contributed by atoms with E-state index in [0.29, 0.717) is 22.4 Å². The SMILES string of the molecule is CC1(C)OB(c2cccc(COc3c(Cl)cccc3Cl)c2)OC1(C)C. The van der Waals surface area contributed by atoms with E-state index in [1.165, 1.54) is 0 Å². The lowest BCUT2D eigenvalue weighted by atomic mass is 9.78. The first kappa shape index (κ1) is 18.6. The van der Waals surface area contributed by atoms with Crippen LogP contribution >= 0.6 is 23.2 Å². The van der Waals surface area contributed by atoms with Crippen LogP contribution in [0, 0.1) is 0 Å². The fraction of sp³-hybridized carbons (Fsp3) is 0.368. The van der Waals surface area contributed by atoms with Gasteiger partial charge in [-0.25, -0.2) is 0 Å². The Bertz CT molecular complexity index is 741. The summed E-state index contributed by atoms with van der Waals surface area (Å²) in [4.78, 5) is 0. The predicted octanol–water partition coefficient (Wildman–Crippen LogP) is 4.87. The molecule has 0 radical (unpaired) electrons. The summed E-state index contributed by atoms with van der Waals surface area (Å²) in [5.41, 5.74) is 1.22. The van der Waals surface area contributed by atoms with Gasteiger partial charge in [0, 0.05) is 0 Å². The van der Waals surface area contributed by atoms with Gasteiger partial charge in [0.05, 0.1) is 21.2 Å². The number of ether oxygens (including phenoxy) is 1. The van der Waals surface area contributed by atoms with E-state index in [1.54, 1.807) is 18.2 Å². The lowest BCUT2D eigenvalue weighted by Gasteiger charge is -2.32. The van der Waals surface area contributed by atoms with E-state index in [-0.39, 0.29) is 11.2 Å². The van der Waals surface area contributed by atoms with Gasteiger partial charge in [-0.05, 0) is 50.9 Å². The predicted molar refractivity (Wildman–Crippen MR) is 103 cm³/mol. The normalized spacial score (nSPS) is 18.4. The van der Waals surface area contributed by atoms with Gasteiger partial charge in [-0.1, -0.05) is 53.5 Å². The summed E-state index contributed by atoms with van der Waals surface area (Å²) in [5.74, 6) is 0.492. The number of hydrogen-bond donors (Lipinski definition) is 0. The summed E-state index contributed by atoms with van der Waals surface area (Å²) in [6.07, 6.45) is 0. The van der Waals surface area contributed by atoms with Gasteiger partial charge in [0.2, 0.25) is 0 Å². The minimum Gasteiger partial charge on any atom is -0.486 e. The van der Waals surface area contributed by atoms with Crippen molar-refractivity contribution in [2.24, 2.45) is 0 Å². The third kappa shape index (κ3) is 3.82. The van der Waals surface area contributed by atoms with Gasteiger partial charge in [0.15, 0.2) is 5.75 Å². The zero-order valence-electron chi connectivity index (χ0n) is 14.8. The molecule has 0 spiro atoms. The summed E-state index contributed by atoms with van der Waals surface area (Å²) >= 11 is 12.3. The molecule has 0 bridgehead atoms. The Hall–Kier alpha value is -1.20. The number of benzene rings is 2. The van der Waals surface area contributed by atoms with Crippen molar-refractivity contribution in [1.82, 2.24) is 0 Å². The molecule has 0 atom stereocenters. The van der Waals surface area contributed by atoms with Gasteiger partial charge in [0.25, 0.3) is 0 Å². The highest BCUT2D eigenvalue weighted by molar-refractivity contribution is 6.62. The van der Waals surface area contributed by atoms with Gasteiger partial charge in [0.1, 0.15) is 6.61 Å². The van der Waals surface area contributed by atoms with E-state index < -0.39 is 7.12 Å². The van der Waals surface area contributed by atoms with Crippen molar-refractivity contribution in [3.05, 3.63) is 58.1 Å². The molecule has 2 aromatic carbocycles. The molecule has 3 rings (SSSR count). The molecule has 0 N–H and O–H groups in total. The van der Waals surface area contributed by atoms with Crippen molar-refractivity contribution in [1.29, 1.82) is 0 Å². The van der Waals surface area contributed by atoms with Crippen LogP contribution in [-0.2, 0) is 15.9 Å². The van der Waals surface area contributed by atoms with Crippen LogP contribution in [0.1, 0.15) is 33.3 Å². The highest BCUT2D eigenvalue weighted by atomic mass is 35.5. The standard InChI is InChI=1S/C19H21BCl2O3/c1-18(2)19(3,4)25-20(24-18)14-8-5-7-13(11-14)12-23-17-15(21)9-6-10-16(17)22/h5-11H,12H2,1-4H3.